The lowest BCUT2D eigenvalue weighted by atomic mass is 10.00. The Labute approximate surface area is 243 Å². The normalized spacial score (nSPS) is 13.0. The van der Waals surface area contributed by atoms with E-state index in [1.54, 1.807) is 11.3 Å². The van der Waals surface area contributed by atoms with Crippen molar-refractivity contribution in [1.82, 2.24) is 15.2 Å². The van der Waals surface area contributed by atoms with Crippen molar-refractivity contribution >= 4 is 28.0 Å². The van der Waals surface area contributed by atoms with Crippen LogP contribution in [0.25, 0.3) is 21.9 Å². The Bertz CT molecular complexity index is 1670. The van der Waals surface area contributed by atoms with Crippen LogP contribution in [0.4, 0.5) is 0 Å². The van der Waals surface area contributed by atoms with Gasteiger partial charge in [0.15, 0.2) is 18.1 Å². The number of nitrogens with zero attached hydrogens (tertiary/aromatic N) is 2. The molecule has 1 aliphatic rings. The first kappa shape index (κ1) is 26.8. The Morgan fingerprint density at radius 3 is 2.68 bits per heavy atom. The number of ether oxygens (including phenoxy) is 3. The Kier molecular flexibility index (Phi) is 7.84. The fourth-order valence-corrected chi connectivity index (χ4v) is 5.72. The second kappa shape index (κ2) is 12.0. The number of nitrogens with one attached hydrogen (secondary N) is 1. The van der Waals surface area contributed by atoms with Crippen LogP contribution in [0.5, 0.6) is 17.2 Å². The second-order valence-corrected chi connectivity index (χ2v) is 10.9. The Balaban J connectivity index is 1.19. The molecule has 5 aromatic rings. The number of aromatic nitrogens is 1. The molecule has 0 bridgehead atoms. The van der Waals surface area contributed by atoms with Crippen molar-refractivity contribution in [3.63, 3.8) is 0 Å². The van der Waals surface area contributed by atoms with E-state index < -0.39 is 0 Å². The Morgan fingerprint density at radius 1 is 1.00 bits per heavy atom. The molecule has 1 aromatic heterocycles. The van der Waals surface area contributed by atoms with Gasteiger partial charge in [0, 0.05) is 24.0 Å². The van der Waals surface area contributed by atoms with E-state index in [4.69, 9.17) is 14.2 Å². The SMILES string of the molecule is C[C@@H](NC(=O)COc1ccc(-c2ccc3c(c2)OCO3)cc1CN(C)Cc1cscn1)c1cccc2ccccc12. The summed E-state index contributed by atoms with van der Waals surface area (Å²) in [6, 6.07) is 26.2. The van der Waals surface area contributed by atoms with Crippen LogP contribution in [0, 0.1) is 0 Å². The highest BCUT2D eigenvalue weighted by atomic mass is 32.1. The molecule has 4 aromatic carbocycles. The number of hydrogen-bond acceptors (Lipinski definition) is 7. The van der Waals surface area contributed by atoms with Crippen molar-refractivity contribution < 1.29 is 19.0 Å². The number of rotatable bonds is 10. The lowest BCUT2D eigenvalue weighted by molar-refractivity contribution is -0.123. The zero-order valence-corrected chi connectivity index (χ0v) is 23.8. The van der Waals surface area contributed by atoms with E-state index in [0.717, 1.165) is 50.2 Å². The molecule has 0 saturated carbocycles. The first-order valence-electron chi connectivity index (χ1n) is 13.5. The first-order chi connectivity index (χ1) is 20.0. The summed E-state index contributed by atoms with van der Waals surface area (Å²) in [5, 5.41) is 7.44. The number of benzene rings is 4. The van der Waals surface area contributed by atoms with Crippen molar-refractivity contribution in [2.24, 2.45) is 0 Å². The van der Waals surface area contributed by atoms with Crippen LogP contribution in [0.15, 0.2) is 89.8 Å². The van der Waals surface area contributed by atoms with Gasteiger partial charge in [-0.05, 0) is 65.7 Å². The van der Waals surface area contributed by atoms with Crippen LogP contribution in [-0.4, -0.2) is 36.2 Å². The minimum absolute atomic E-state index is 0.0821. The van der Waals surface area contributed by atoms with E-state index in [2.05, 4.69) is 58.0 Å². The van der Waals surface area contributed by atoms with Crippen LogP contribution in [0.2, 0.25) is 0 Å². The number of carbonyl (C=O) groups excluding carboxylic acids is 1. The minimum atomic E-state index is -0.174. The summed E-state index contributed by atoms with van der Waals surface area (Å²) in [7, 11) is 2.05. The van der Waals surface area contributed by atoms with Crippen LogP contribution in [0.3, 0.4) is 0 Å². The van der Waals surface area contributed by atoms with Crippen molar-refractivity contribution in [2.75, 3.05) is 20.4 Å². The fourth-order valence-electron chi connectivity index (χ4n) is 5.17. The maximum absolute atomic E-state index is 13.0. The first-order valence-corrected chi connectivity index (χ1v) is 14.5. The Hall–Kier alpha value is -4.40. The maximum Gasteiger partial charge on any atom is 0.258 e. The smallest absolute Gasteiger partial charge is 0.258 e. The van der Waals surface area contributed by atoms with E-state index in [0.29, 0.717) is 18.8 Å². The lowest BCUT2D eigenvalue weighted by Crippen LogP contribution is -2.31. The molecular weight excluding hydrogens is 534 g/mol. The summed E-state index contributed by atoms with van der Waals surface area (Å²) >= 11 is 1.59. The molecule has 0 unspecified atom stereocenters. The van der Waals surface area contributed by atoms with E-state index in [9.17, 15) is 4.79 Å². The lowest BCUT2D eigenvalue weighted by Gasteiger charge is -2.20. The molecule has 208 valence electrons. The van der Waals surface area contributed by atoms with Gasteiger partial charge in [-0.25, -0.2) is 4.98 Å². The second-order valence-electron chi connectivity index (χ2n) is 10.2. The van der Waals surface area contributed by atoms with Gasteiger partial charge < -0.3 is 19.5 Å². The third-order valence-corrected chi connectivity index (χ3v) is 7.78. The van der Waals surface area contributed by atoms with Gasteiger partial charge in [0.05, 0.1) is 17.2 Å². The number of hydrogen-bond donors (Lipinski definition) is 1. The van der Waals surface area contributed by atoms with Crippen molar-refractivity contribution in [3.05, 3.63) is 107 Å². The molecular formula is C33H31N3O4S. The largest absolute Gasteiger partial charge is 0.483 e. The van der Waals surface area contributed by atoms with Gasteiger partial charge in [0.25, 0.3) is 5.91 Å². The molecule has 1 atom stereocenters. The Morgan fingerprint density at radius 2 is 1.80 bits per heavy atom. The van der Waals surface area contributed by atoms with Crippen LogP contribution >= 0.6 is 11.3 Å². The quantitative estimate of drug-likeness (QED) is 0.206. The van der Waals surface area contributed by atoms with Crippen LogP contribution < -0.4 is 19.5 Å². The summed E-state index contributed by atoms with van der Waals surface area (Å²) in [5.41, 5.74) is 6.97. The van der Waals surface area contributed by atoms with E-state index in [1.165, 1.54) is 0 Å². The molecule has 0 radical (unpaired) electrons. The van der Waals surface area contributed by atoms with E-state index >= 15 is 0 Å². The molecule has 1 aliphatic heterocycles. The number of carbonyl (C=O) groups is 1. The van der Waals surface area contributed by atoms with Gasteiger partial charge in [-0.2, -0.15) is 0 Å². The zero-order valence-electron chi connectivity index (χ0n) is 23.0. The molecule has 0 fully saturated rings. The molecule has 2 heterocycles. The molecule has 7 nitrogen and oxygen atoms in total. The molecule has 41 heavy (non-hydrogen) atoms. The van der Waals surface area contributed by atoms with Gasteiger partial charge in [0.2, 0.25) is 6.79 Å². The average molecular weight is 566 g/mol. The van der Waals surface area contributed by atoms with Gasteiger partial charge in [-0.15, -0.1) is 11.3 Å². The molecule has 1 amide bonds. The third-order valence-electron chi connectivity index (χ3n) is 7.15. The highest BCUT2D eigenvalue weighted by molar-refractivity contribution is 7.07. The molecule has 0 saturated heterocycles. The summed E-state index contributed by atoms with van der Waals surface area (Å²) < 4.78 is 17.2. The van der Waals surface area contributed by atoms with Crippen molar-refractivity contribution in [2.45, 2.75) is 26.1 Å². The van der Waals surface area contributed by atoms with Gasteiger partial charge in [0.1, 0.15) is 5.75 Å². The van der Waals surface area contributed by atoms with Crippen LogP contribution in [-0.2, 0) is 17.9 Å². The van der Waals surface area contributed by atoms with Crippen molar-refractivity contribution in [3.8, 4) is 28.4 Å². The predicted molar refractivity (Wildman–Crippen MR) is 161 cm³/mol. The highest BCUT2D eigenvalue weighted by Gasteiger charge is 2.17. The van der Waals surface area contributed by atoms with Crippen molar-refractivity contribution in [1.29, 1.82) is 0 Å². The number of amides is 1. The third kappa shape index (κ3) is 6.19. The predicted octanol–water partition coefficient (Wildman–Crippen LogP) is 6.58. The zero-order chi connectivity index (χ0) is 28.2. The molecule has 1 N–H and O–H groups in total. The maximum atomic E-state index is 13.0. The summed E-state index contributed by atoms with van der Waals surface area (Å²) in [6.45, 7) is 3.49. The summed E-state index contributed by atoms with van der Waals surface area (Å²) in [5.74, 6) is 1.99. The average Bonchev–Trinajstić information content (AvgIpc) is 3.68. The summed E-state index contributed by atoms with van der Waals surface area (Å²) in [4.78, 5) is 19.6. The number of thiazole rings is 1. The van der Waals surface area contributed by atoms with Gasteiger partial charge in [-0.1, -0.05) is 54.6 Å². The standard InChI is InChI=1S/C33H31N3O4S/c1-22(28-9-5-7-23-6-3-4-8-29(23)28)35-33(37)18-38-30-12-10-24(25-11-13-31-32(15-25)40-21-39-31)14-26(30)16-36(2)17-27-19-41-20-34-27/h3-15,19-20,22H,16-18,21H2,1-2H3,(H,35,37)/t22-/m1/s1. The summed E-state index contributed by atoms with van der Waals surface area (Å²) in [6.07, 6.45) is 0. The number of fused-ring (bicyclic) bond motifs is 2. The van der Waals surface area contributed by atoms with E-state index in [-0.39, 0.29) is 25.3 Å². The van der Waals surface area contributed by atoms with E-state index in [1.807, 2.05) is 61.0 Å². The minimum Gasteiger partial charge on any atom is -0.483 e. The topological polar surface area (TPSA) is 72.9 Å². The van der Waals surface area contributed by atoms with Crippen LogP contribution in [0.1, 0.15) is 29.8 Å². The van der Waals surface area contributed by atoms with Gasteiger partial charge >= 0.3 is 0 Å². The fraction of sp³-hybridized carbons (Fsp3) is 0.212. The monoisotopic (exact) mass is 565 g/mol. The molecule has 0 spiro atoms. The highest BCUT2D eigenvalue weighted by Crippen LogP contribution is 2.37. The van der Waals surface area contributed by atoms with Gasteiger partial charge in [-0.3, -0.25) is 9.69 Å². The molecule has 6 rings (SSSR count). The molecule has 8 heteroatoms. The molecule has 0 aliphatic carbocycles.